The highest BCUT2D eigenvalue weighted by molar-refractivity contribution is 7.91. The third-order valence-corrected chi connectivity index (χ3v) is 4.09. The van der Waals surface area contributed by atoms with Gasteiger partial charge in [0.15, 0.2) is 9.84 Å². The van der Waals surface area contributed by atoms with E-state index in [0.717, 1.165) is 0 Å². The van der Waals surface area contributed by atoms with E-state index < -0.39 is 15.4 Å². The fraction of sp³-hybridized carbons (Fsp3) is 1.00. The smallest absolute Gasteiger partial charge is 0.151 e. The molecule has 0 radical (unpaired) electrons. The minimum absolute atomic E-state index is 0.140. The average Bonchev–Trinajstić information content (AvgIpc) is 2.11. The molecule has 0 fully saturated rings. The summed E-state index contributed by atoms with van der Waals surface area (Å²) in [6.45, 7) is 8.36. The van der Waals surface area contributed by atoms with E-state index in [1.807, 2.05) is 0 Å². The second kappa shape index (κ2) is 6.57. The van der Waals surface area contributed by atoms with Crippen LogP contribution < -0.4 is 5.32 Å². The topological polar surface area (TPSA) is 66.4 Å². The van der Waals surface area contributed by atoms with Crippen LogP contribution in [0.5, 0.6) is 0 Å². The standard InChI is InChI=1S/C11H25NO3S/c1-5-16(14,15)7-6-12-9-11(4,13)8-10(2)3/h10,12-13H,5-9H2,1-4H3. The summed E-state index contributed by atoms with van der Waals surface area (Å²) < 4.78 is 22.4. The molecule has 1 unspecified atom stereocenters. The van der Waals surface area contributed by atoms with E-state index in [9.17, 15) is 13.5 Å². The van der Waals surface area contributed by atoms with Crippen LogP contribution >= 0.6 is 0 Å². The van der Waals surface area contributed by atoms with Gasteiger partial charge in [0.2, 0.25) is 0 Å². The second-order valence-corrected chi connectivity index (χ2v) is 7.48. The third kappa shape index (κ3) is 8.07. The average molecular weight is 251 g/mol. The van der Waals surface area contributed by atoms with Gasteiger partial charge in [-0.15, -0.1) is 0 Å². The van der Waals surface area contributed by atoms with Crippen LogP contribution in [0.3, 0.4) is 0 Å². The van der Waals surface area contributed by atoms with E-state index in [-0.39, 0.29) is 11.5 Å². The molecule has 0 saturated heterocycles. The summed E-state index contributed by atoms with van der Waals surface area (Å²) in [5.41, 5.74) is -0.760. The molecular formula is C11H25NO3S. The molecular weight excluding hydrogens is 226 g/mol. The minimum Gasteiger partial charge on any atom is -0.389 e. The van der Waals surface area contributed by atoms with E-state index in [1.54, 1.807) is 13.8 Å². The van der Waals surface area contributed by atoms with Crippen LogP contribution in [0, 0.1) is 5.92 Å². The van der Waals surface area contributed by atoms with Crippen molar-refractivity contribution in [2.45, 2.75) is 39.7 Å². The highest BCUT2D eigenvalue weighted by Crippen LogP contribution is 2.14. The van der Waals surface area contributed by atoms with Gasteiger partial charge in [0.25, 0.3) is 0 Å². The predicted molar refractivity (Wildman–Crippen MR) is 67.3 cm³/mol. The molecule has 0 aliphatic carbocycles. The summed E-state index contributed by atoms with van der Waals surface area (Å²) >= 11 is 0. The lowest BCUT2D eigenvalue weighted by Gasteiger charge is -2.25. The molecule has 98 valence electrons. The van der Waals surface area contributed by atoms with Gasteiger partial charge in [0.1, 0.15) is 0 Å². The molecule has 1 atom stereocenters. The Balaban J connectivity index is 3.82. The molecule has 0 saturated carbocycles. The Morgan fingerprint density at radius 3 is 2.38 bits per heavy atom. The molecule has 0 aromatic heterocycles. The Hall–Kier alpha value is -0.130. The zero-order valence-electron chi connectivity index (χ0n) is 10.8. The van der Waals surface area contributed by atoms with Crippen molar-refractivity contribution in [2.75, 3.05) is 24.6 Å². The van der Waals surface area contributed by atoms with Gasteiger partial charge in [-0.3, -0.25) is 0 Å². The monoisotopic (exact) mass is 251 g/mol. The molecule has 0 amide bonds. The molecule has 4 nitrogen and oxygen atoms in total. The minimum atomic E-state index is -2.90. The molecule has 0 aliphatic rings. The predicted octanol–water partition coefficient (Wildman–Crippen LogP) is 0.808. The maximum absolute atomic E-state index is 11.2. The number of aliphatic hydroxyl groups is 1. The Labute approximate surface area is 99.4 Å². The van der Waals surface area contributed by atoms with Crippen LogP contribution in [0.1, 0.15) is 34.1 Å². The van der Waals surface area contributed by atoms with Crippen LogP contribution in [0.2, 0.25) is 0 Å². The summed E-state index contributed by atoms with van der Waals surface area (Å²) in [6.07, 6.45) is 0.709. The lowest BCUT2D eigenvalue weighted by atomic mass is 9.94. The van der Waals surface area contributed by atoms with Gasteiger partial charge in [-0.1, -0.05) is 20.8 Å². The van der Waals surface area contributed by atoms with Crippen molar-refractivity contribution in [1.82, 2.24) is 5.32 Å². The Bertz CT molecular complexity index is 284. The van der Waals surface area contributed by atoms with Gasteiger partial charge in [-0.2, -0.15) is 0 Å². The molecule has 0 heterocycles. The molecule has 0 spiro atoms. The van der Waals surface area contributed by atoms with Crippen LogP contribution in [0.25, 0.3) is 0 Å². The fourth-order valence-electron chi connectivity index (χ4n) is 1.68. The normalized spacial score (nSPS) is 16.4. The number of sulfone groups is 1. The summed E-state index contributed by atoms with van der Waals surface area (Å²) in [4.78, 5) is 0. The van der Waals surface area contributed by atoms with Gasteiger partial charge in [0, 0.05) is 18.8 Å². The van der Waals surface area contributed by atoms with Gasteiger partial charge < -0.3 is 10.4 Å². The molecule has 0 aliphatic heterocycles. The van der Waals surface area contributed by atoms with Crippen LogP contribution in [-0.4, -0.2) is 43.7 Å². The zero-order chi connectivity index (χ0) is 12.8. The zero-order valence-corrected chi connectivity index (χ0v) is 11.6. The molecule has 0 aromatic rings. The first-order valence-electron chi connectivity index (χ1n) is 5.82. The van der Waals surface area contributed by atoms with Crippen LogP contribution in [0.4, 0.5) is 0 Å². The van der Waals surface area contributed by atoms with Crippen LogP contribution in [-0.2, 0) is 9.84 Å². The lowest BCUT2D eigenvalue weighted by Crippen LogP contribution is -2.40. The highest BCUT2D eigenvalue weighted by Gasteiger charge is 2.21. The van der Waals surface area contributed by atoms with Crippen molar-refractivity contribution in [1.29, 1.82) is 0 Å². The van der Waals surface area contributed by atoms with E-state index >= 15 is 0 Å². The fourth-order valence-corrected chi connectivity index (χ4v) is 2.43. The third-order valence-electron chi connectivity index (χ3n) is 2.38. The Morgan fingerprint density at radius 1 is 1.38 bits per heavy atom. The quantitative estimate of drug-likeness (QED) is 0.627. The molecule has 0 aromatic carbocycles. The van der Waals surface area contributed by atoms with Crippen molar-refractivity contribution in [2.24, 2.45) is 5.92 Å². The van der Waals surface area contributed by atoms with Crippen LogP contribution in [0.15, 0.2) is 0 Å². The highest BCUT2D eigenvalue weighted by atomic mass is 32.2. The summed E-state index contributed by atoms with van der Waals surface area (Å²) in [5, 5.41) is 13.0. The van der Waals surface area contributed by atoms with Crippen molar-refractivity contribution in [3.8, 4) is 0 Å². The first-order valence-corrected chi connectivity index (χ1v) is 7.64. The van der Waals surface area contributed by atoms with Gasteiger partial charge in [-0.05, 0) is 19.3 Å². The summed E-state index contributed by atoms with van der Waals surface area (Å²) in [7, 11) is -2.90. The Kier molecular flexibility index (Phi) is 6.51. The SMILES string of the molecule is CCS(=O)(=O)CCNCC(C)(O)CC(C)C. The number of nitrogens with one attached hydrogen (secondary N) is 1. The summed E-state index contributed by atoms with van der Waals surface area (Å²) in [6, 6.07) is 0. The van der Waals surface area contributed by atoms with Crippen molar-refractivity contribution in [3.05, 3.63) is 0 Å². The van der Waals surface area contributed by atoms with E-state index in [1.165, 1.54) is 0 Å². The summed E-state index contributed by atoms with van der Waals surface area (Å²) in [5.74, 6) is 0.745. The van der Waals surface area contributed by atoms with Gasteiger partial charge in [-0.25, -0.2) is 8.42 Å². The first-order chi connectivity index (χ1) is 7.18. The van der Waals surface area contributed by atoms with E-state index in [2.05, 4.69) is 19.2 Å². The van der Waals surface area contributed by atoms with E-state index in [0.29, 0.717) is 25.4 Å². The molecule has 16 heavy (non-hydrogen) atoms. The maximum atomic E-state index is 11.2. The van der Waals surface area contributed by atoms with E-state index in [4.69, 9.17) is 0 Å². The van der Waals surface area contributed by atoms with Crippen molar-refractivity contribution in [3.63, 3.8) is 0 Å². The number of hydrogen-bond donors (Lipinski definition) is 2. The first kappa shape index (κ1) is 15.9. The maximum Gasteiger partial charge on any atom is 0.151 e. The number of hydrogen-bond acceptors (Lipinski definition) is 4. The molecule has 0 rings (SSSR count). The molecule has 2 N–H and O–H groups in total. The van der Waals surface area contributed by atoms with Crippen molar-refractivity contribution >= 4 is 9.84 Å². The molecule has 5 heteroatoms. The van der Waals surface area contributed by atoms with Gasteiger partial charge >= 0.3 is 0 Å². The van der Waals surface area contributed by atoms with Gasteiger partial charge in [0.05, 0.1) is 11.4 Å². The molecule has 0 bridgehead atoms. The Morgan fingerprint density at radius 2 is 1.94 bits per heavy atom. The lowest BCUT2D eigenvalue weighted by molar-refractivity contribution is 0.0392. The largest absolute Gasteiger partial charge is 0.389 e. The second-order valence-electron chi connectivity index (χ2n) is 5.01. The van der Waals surface area contributed by atoms with Crippen molar-refractivity contribution < 1.29 is 13.5 Å². The number of rotatable bonds is 8.